The van der Waals surface area contributed by atoms with Crippen LogP contribution in [0.15, 0.2) is 12.7 Å². The normalized spacial score (nSPS) is 11.8. The molecule has 2 N–H and O–H groups in total. The second-order valence-corrected chi connectivity index (χ2v) is 5.76. The third-order valence-electron chi connectivity index (χ3n) is 3.60. The van der Waals surface area contributed by atoms with Crippen molar-refractivity contribution in [2.75, 3.05) is 26.4 Å². The first kappa shape index (κ1) is 23.3. The molecule has 0 saturated carbocycles. The average molecular weight is 356 g/mol. The topological polar surface area (TPSA) is 118 Å². The van der Waals surface area contributed by atoms with Gasteiger partial charge in [0.1, 0.15) is 23.1 Å². The molecule has 0 bridgehead atoms. The van der Waals surface area contributed by atoms with Crippen LogP contribution >= 0.6 is 0 Å². The minimum absolute atomic E-state index is 0.00231. The highest BCUT2D eigenvalue weighted by atomic mass is 16.5. The fourth-order valence-corrected chi connectivity index (χ4v) is 2.18. The van der Waals surface area contributed by atoms with Crippen LogP contribution in [0.3, 0.4) is 0 Å². The lowest BCUT2D eigenvalue weighted by atomic mass is 9.92. The maximum absolute atomic E-state index is 12.2. The molecule has 0 saturated heterocycles. The molecule has 25 heavy (non-hydrogen) atoms. The molecule has 0 aromatic carbocycles. The molecule has 0 aromatic rings. The van der Waals surface area contributed by atoms with Gasteiger partial charge in [-0.05, 0) is 0 Å². The molecule has 0 radical (unpaired) electrons. The van der Waals surface area contributed by atoms with Crippen molar-refractivity contribution in [3.8, 4) is 0 Å². The van der Waals surface area contributed by atoms with Gasteiger partial charge >= 0.3 is 0 Å². The number of Topliss-reactive ketones (excluding diaryl/α,β-unsaturated/α-hetero) is 4. The highest BCUT2D eigenvalue weighted by Crippen LogP contribution is 2.14. The molecule has 7 heteroatoms. The molecular formula is C18H28O7. The van der Waals surface area contributed by atoms with Gasteiger partial charge in [0.2, 0.25) is 0 Å². The van der Waals surface area contributed by atoms with E-state index >= 15 is 0 Å². The van der Waals surface area contributed by atoms with Gasteiger partial charge in [-0.15, -0.1) is 6.58 Å². The summed E-state index contributed by atoms with van der Waals surface area (Å²) in [6, 6.07) is 0. The number of aliphatic hydroxyl groups excluding tert-OH is 2. The number of hydrogen-bond acceptors (Lipinski definition) is 7. The lowest BCUT2D eigenvalue weighted by Crippen LogP contribution is -2.24. The van der Waals surface area contributed by atoms with Gasteiger partial charge in [0.05, 0.1) is 13.2 Å². The van der Waals surface area contributed by atoms with Crippen molar-refractivity contribution in [3.63, 3.8) is 0 Å². The van der Waals surface area contributed by atoms with Gasteiger partial charge in [0.25, 0.3) is 0 Å². The van der Waals surface area contributed by atoms with Crippen LogP contribution in [0.5, 0.6) is 0 Å². The molecule has 0 spiro atoms. The maximum Gasteiger partial charge on any atom is 0.139 e. The summed E-state index contributed by atoms with van der Waals surface area (Å²) < 4.78 is 5.27. The molecule has 0 heterocycles. The largest absolute Gasteiger partial charge is 0.396 e. The van der Waals surface area contributed by atoms with Crippen molar-refractivity contribution >= 4 is 23.1 Å². The second kappa shape index (κ2) is 14.6. The Bertz CT molecular complexity index is 456. The molecule has 0 fully saturated rings. The summed E-state index contributed by atoms with van der Waals surface area (Å²) in [6.45, 7) is 3.31. The van der Waals surface area contributed by atoms with Crippen LogP contribution in [0.25, 0.3) is 0 Å². The zero-order valence-corrected chi connectivity index (χ0v) is 14.6. The van der Waals surface area contributed by atoms with E-state index in [9.17, 15) is 19.2 Å². The predicted molar refractivity (Wildman–Crippen MR) is 91.0 cm³/mol. The van der Waals surface area contributed by atoms with Gasteiger partial charge in [-0.2, -0.15) is 0 Å². The second-order valence-electron chi connectivity index (χ2n) is 5.76. The van der Waals surface area contributed by atoms with Crippen LogP contribution in [0.4, 0.5) is 0 Å². The molecule has 1 atom stereocenters. The Kier molecular flexibility index (Phi) is 13.6. The molecule has 0 amide bonds. The Labute approximate surface area is 148 Å². The number of ether oxygens (including phenoxy) is 1. The Hall–Kier alpha value is -1.70. The molecule has 1 unspecified atom stereocenters. The fourth-order valence-electron chi connectivity index (χ4n) is 2.18. The Morgan fingerprint density at radius 3 is 1.88 bits per heavy atom. The van der Waals surface area contributed by atoms with Crippen molar-refractivity contribution in [2.24, 2.45) is 5.92 Å². The van der Waals surface area contributed by atoms with Gasteiger partial charge < -0.3 is 14.9 Å². The van der Waals surface area contributed by atoms with E-state index in [-0.39, 0.29) is 94.5 Å². The summed E-state index contributed by atoms with van der Waals surface area (Å²) in [5.74, 6) is -1.54. The summed E-state index contributed by atoms with van der Waals surface area (Å²) in [5.41, 5.74) is 0. The summed E-state index contributed by atoms with van der Waals surface area (Å²) in [6.07, 6.45) is 1.61. The minimum atomic E-state index is -0.665. The summed E-state index contributed by atoms with van der Waals surface area (Å²) in [4.78, 5) is 47.0. The summed E-state index contributed by atoms with van der Waals surface area (Å²) in [5, 5.41) is 17.4. The minimum Gasteiger partial charge on any atom is -0.396 e. The Morgan fingerprint density at radius 2 is 1.36 bits per heavy atom. The molecular weight excluding hydrogens is 328 g/mol. The lowest BCUT2D eigenvalue weighted by molar-refractivity contribution is -0.131. The number of carbonyl (C=O) groups excluding carboxylic acids is 4. The smallest absolute Gasteiger partial charge is 0.139 e. The predicted octanol–water partition coefficient (Wildman–Crippen LogP) is 0.797. The van der Waals surface area contributed by atoms with Crippen LogP contribution < -0.4 is 0 Å². The zero-order valence-electron chi connectivity index (χ0n) is 14.6. The maximum atomic E-state index is 12.2. The van der Waals surface area contributed by atoms with Crippen LogP contribution in [0.2, 0.25) is 0 Å². The van der Waals surface area contributed by atoms with E-state index in [1.54, 1.807) is 0 Å². The summed E-state index contributed by atoms with van der Waals surface area (Å²) >= 11 is 0. The number of rotatable bonds is 17. The molecule has 0 aliphatic heterocycles. The summed E-state index contributed by atoms with van der Waals surface area (Å²) in [7, 11) is 0. The van der Waals surface area contributed by atoms with Crippen molar-refractivity contribution < 1.29 is 34.1 Å². The Morgan fingerprint density at radius 1 is 0.840 bits per heavy atom. The number of aliphatic hydroxyl groups is 2. The van der Waals surface area contributed by atoms with E-state index in [2.05, 4.69) is 6.58 Å². The van der Waals surface area contributed by atoms with E-state index in [0.29, 0.717) is 0 Å². The first-order chi connectivity index (χ1) is 11.9. The SMILES string of the molecule is C=CCOCC(CC(=O)CCC(=O)CCO)C(=O)CCC(=O)CCO. The van der Waals surface area contributed by atoms with Gasteiger partial charge in [-0.3, -0.25) is 19.2 Å². The van der Waals surface area contributed by atoms with Crippen LogP contribution in [-0.2, 0) is 23.9 Å². The third kappa shape index (κ3) is 12.3. The van der Waals surface area contributed by atoms with E-state index in [4.69, 9.17) is 14.9 Å². The molecule has 0 rings (SSSR count). The van der Waals surface area contributed by atoms with E-state index in [1.165, 1.54) is 6.08 Å². The van der Waals surface area contributed by atoms with E-state index < -0.39 is 5.92 Å². The average Bonchev–Trinajstić information content (AvgIpc) is 2.57. The lowest BCUT2D eigenvalue weighted by Gasteiger charge is -2.15. The molecule has 142 valence electrons. The molecule has 0 aliphatic rings. The molecule has 0 aliphatic carbocycles. The van der Waals surface area contributed by atoms with Gasteiger partial charge in [-0.25, -0.2) is 0 Å². The van der Waals surface area contributed by atoms with Crippen molar-refractivity contribution in [1.29, 1.82) is 0 Å². The van der Waals surface area contributed by atoms with Gasteiger partial charge in [-0.1, -0.05) is 6.08 Å². The van der Waals surface area contributed by atoms with Crippen LogP contribution in [0.1, 0.15) is 44.9 Å². The van der Waals surface area contributed by atoms with Gasteiger partial charge in [0.15, 0.2) is 0 Å². The molecule has 7 nitrogen and oxygen atoms in total. The van der Waals surface area contributed by atoms with E-state index in [0.717, 1.165) is 0 Å². The van der Waals surface area contributed by atoms with Crippen molar-refractivity contribution in [1.82, 2.24) is 0 Å². The van der Waals surface area contributed by atoms with Crippen LogP contribution in [-0.4, -0.2) is 59.8 Å². The van der Waals surface area contributed by atoms with Gasteiger partial charge in [0, 0.05) is 64.1 Å². The number of carbonyl (C=O) groups is 4. The fraction of sp³-hybridized carbons (Fsp3) is 0.667. The monoisotopic (exact) mass is 356 g/mol. The first-order valence-corrected chi connectivity index (χ1v) is 8.42. The first-order valence-electron chi connectivity index (χ1n) is 8.42. The highest BCUT2D eigenvalue weighted by Gasteiger charge is 2.22. The van der Waals surface area contributed by atoms with Crippen molar-refractivity contribution in [2.45, 2.75) is 44.9 Å². The Balaban J connectivity index is 4.50. The standard InChI is InChI=1S/C18H28O7/c1-2-11-25-13-14(18(24)6-5-16(22)8-10-20)12-17(23)4-3-15(21)7-9-19/h2,14,19-20H,1,3-13H2. The highest BCUT2D eigenvalue weighted by molar-refractivity contribution is 5.92. The third-order valence-corrected chi connectivity index (χ3v) is 3.60. The van der Waals surface area contributed by atoms with E-state index in [1.807, 2.05) is 0 Å². The number of hydrogen-bond donors (Lipinski definition) is 2. The van der Waals surface area contributed by atoms with Crippen molar-refractivity contribution in [3.05, 3.63) is 12.7 Å². The zero-order chi connectivity index (χ0) is 19.1. The van der Waals surface area contributed by atoms with Crippen LogP contribution in [0, 0.1) is 5.92 Å². The number of ketones is 4. The quantitative estimate of drug-likeness (QED) is 0.292. The molecule has 0 aromatic heterocycles.